The normalized spacial score (nSPS) is 13.6. The molecule has 3 nitrogen and oxygen atoms in total. The number of hydrogen-bond donors (Lipinski definition) is 0. The minimum Gasteiger partial charge on any atom is -0.310 e. The molecule has 0 unspecified atom stereocenters. The van der Waals surface area contributed by atoms with E-state index >= 15 is 0 Å². The van der Waals surface area contributed by atoms with Crippen molar-refractivity contribution in [3.63, 3.8) is 0 Å². The summed E-state index contributed by atoms with van der Waals surface area (Å²) in [5.41, 5.74) is 11.5. The first-order valence-corrected chi connectivity index (χ1v) is 16.9. The first kappa shape index (κ1) is 29.1. The molecule has 0 radical (unpaired) electrons. The molecule has 0 saturated carbocycles. The monoisotopic (exact) mass is 625 g/mol. The molecule has 6 aromatic carbocycles. The molecular weight excluding hydrogens is 591 g/mol. The molecule has 0 atom stereocenters. The predicted octanol–water partition coefficient (Wildman–Crippen LogP) is 11.3. The van der Waals surface area contributed by atoms with Gasteiger partial charge in [-0.2, -0.15) is 4.37 Å². The van der Waals surface area contributed by atoms with Gasteiger partial charge in [0.25, 0.3) is 0 Å². The molecule has 0 aliphatic carbocycles. The van der Waals surface area contributed by atoms with Gasteiger partial charge in [0, 0.05) is 16.8 Å². The second kappa shape index (κ2) is 11.5. The molecule has 2 heterocycles. The lowest BCUT2D eigenvalue weighted by atomic mass is 9.62. The third kappa shape index (κ3) is 4.88. The highest BCUT2D eigenvalue weighted by Crippen LogP contribution is 2.57. The number of fused-ring (bicyclic) bond motifs is 2. The number of aromatic nitrogens is 2. The molecule has 0 N–H and O–H groups in total. The van der Waals surface area contributed by atoms with E-state index in [0.29, 0.717) is 0 Å². The Morgan fingerprint density at radius 1 is 0.532 bits per heavy atom. The highest BCUT2D eigenvalue weighted by Gasteiger charge is 2.46. The van der Waals surface area contributed by atoms with Crippen molar-refractivity contribution in [3.05, 3.63) is 186 Å². The lowest BCUT2D eigenvalue weighted by Crippen LogP contribution is -2.37. The maximum Gasteiger partial charge on any atom is 0.173 e. The van der Waals surface area contributed by atoms with Crippen LogP contribution in [0, 0.1) is 0 Å². The van der Waals surface area contributed by atoms with Crippen LogP contribution >= 0.6 is 11.5 Å². The average molecular weight is 626 g/mol. The van der Waals surface area contributed by atoms with Crippen molar-refractivity contribution in [1.82, 2.24) is 9.36 Å². The van der Waals surface area contributed by atoms with Crippen LogP contribution in [0.4, 0.5) is 17.1 Å². The Hall–Kier alpha value is -5.32. The summed E-state index contributed by atoms with van der Waals surface area (Å²) in [7, 11) is 0. The fraction of sp³-hybridized carbons (Fsp3) is 0.116. The largest absolute Gasteiger partial charge is 0.310 e. The fourth-order valence-electron chi connectivity index (χ4n) is 7.02. The van der Waals surface area contributed by atoms with Crippen molar-refractivity contribution in [3.8, 4) is 22.0 Å². The molecule has 1 aliphatic heterocycles. The molecule has 0 amide bonds. The van der Waals surface area contributed by atoms with E-state index in [1.165, 1.54) is 50.7 Å². The quantitative estimate of drug-likeness (QED) is 0.191. The first-order valence-electron chi connectivity index (χ1n) is 16.1. The number of hydrogen-bond acceptors (Lipinski definition) is 4. The molecule has 47 heavy (non-hydrogen) atoms. The fourth-order valence-corrected chi connectivity index (χ4v) is 7.71. The maximum atomic E-state index is 4.94. The van der Waals surface area contributed by atoms with Gasteiger partial charge in [0.2, 0.25) is 0 Å². The van der Waals surface area contributed by atoms with Gasteiger partial charge < -0.3 is 4.90 Å². The van der Waals surface area contributed by atoms with Crippen LogP contribution < -0.4 is 4.90 Å². The van der Waals surface area contributed by atoms with Crippen LogP contribution in [-0.2, 0) is 10.8 Å². The Morgan fingerprint density at radius 2 is 1.02 bits per heavy atom. The zero-order valence-electron chi connectivity index (χ0n) is 26.8. The number of para-hydroxylation sites is 2. The lowest BCUT2D eigenvalue weighted by molar-refractivity contribution is 0.590. The number of nitrogens with zero attached hydrogens (tertiary/aromatic N) is 3. The van der Waals surface area contributed by atoms with Crippen LogP contribution in [0.15, 0.2) is 158 Å². The van der Waals surface area contributed by atoms with Crippen LogP contribution in [0.1, 0.15) is 48.6 Å². The lowest BCUT2D eigenvalue weighted by Gasteiger charge is -2.46. The molecule has 228 valence electrons. The minimum atomic E-state index is -0.474. The Bertz CT molecular complexity index is 2070. The average Bonchev–Trinajstić information content (AvgIpc) is 3.62. The van der Waals surface area contributed by atoms with Crippen molar-refractivity contribution in [2.24, 2.45) is 0 Å². The van der Waals surface area contributed by atoms with Gasteiger partial charge >= 0.3 is 0 Å². The molecule has 1 aliphatic rings. The number of benzene rings is 6. The Morgan fingerprint density at radius 3 is 1.55 bits per heavy atom. The first-order chi connectivity index (χ1) is 22.9. The third-order valence-electron chi connectivity index (χ3n) is 9.32. The zero-order valence-corrected chi connectivity index (χ0v) is 27.6. The topological polar surface area (TPSA) is 29.0 Å². The minimum absolute atomic E-state index is 0.118. The molecule has 8 rings (SSSR count). The van der Waals surface area contributed by atoms with Gasteiger partial charge in [-0.3, -0.25) is 0 Å². The van der Waals surface area contributed by atoms with E-state index in [1.807, 2.05) is 0 Å². The summed E-state index contributed by atoms with van der Waals surface area (Å²) in [6.07, 6.45) is 0. The summed E-state index contributed by atoms with van der Waals surface area (Å²) in [6.45, 7) is 6.70. The van der Waals surface area contributed by atoms with E-state index in [2.05, 4.69) is 183 Å². The molecule has 1 aromatic heterocycles. The van der Waals surface area contributed by atoms with Crippen LogP contribution in [-0.4, -0.2) is 9.36 Å². The SMILES string of the molecule is CC(C)(C)c1ccc(-c2nc(-c3ccc(N4c5ccccc5C(c5ccccc5)(c5ccccc5)c5ccccc54)cc3)ns2)cc1. The van der Waals surface area contributed by atoms with Gasteiger partial charge in [0.05, 0.1) is 16.8 Å². The summed E-state index contributed by atoms with van der Waals surface area (Å²) in [5.74, 6) is 0.753. The number of anilines is 3. The summed E-state index contributed by atoms with van der Waals surface area (Å²) in [6, 6.07) is 56.9. The van der Waals surface area contributed by atoms with Gasteiger partial charge in [-0.15, -0.1) is 0 Å². The Labute approximate surface area is 281 Å². The molecule has 0 fully saturated rings. The summed E-state index contributed by atoms with van der Waals surface area (Å²) < 4.78 is 4.75. The van der Waals surface area contributed by atoms with Crippen LogP contribution in [0.2, 0.25) is 0 Å². The maximum absolute atomic E-state index is 4.94. The van der Waals surface area contributed by atoms with Gasteiger partial charge in [0.15, 0.2) is 5.82 Å². The van der Waals surface area contributed by atoms with Crippen LogP contribution in [0.25, 0.3) is 22.0 Å². The molecule has 7 aromatic rings. The number of rotatable bonds is 5. The summed E-state index contributed by atoms with van der Waals surface area (Å²) >= 11 is 1.45. The van der Waals surface area contributed by atoms with Crippen LogP contribution in [0.5, 0.6) is 0 Å². The van der Waals surface area contributed by atoms with E-state index in [4.69, 9.17) is 9.36 Å². The molecule has 4 heteroatoms. The predicted molar refractivity (Wildman–Crippen MR) is 196 cm³/mol. The van der Waals surface area contributed by atoms with Gasteiger partial charge in [-0.25, -0.2) is 4.98 Å². The van der Waals surface area contributed by atoms with E-state index in [-0.39, 0.29) is 5.41 Å². The van der Waals surface area contributed by atoms with E-state index in [9.17, 15) is 0 Å². The van der Waals surface area contributed by atoms with Gasteiger partial charge in [0.1, 0.15) is 5.01 Å². The van der Waals surface area contributed by atoms with E-state index in [0.717, 1.165) is 27.6 Å². The Balaban J connectivity index is 1.22. The van der Waals surface area contributed by atoms with E-state index in [1.54, 1.807) is 0 Å². The van der Waals surface area contributed by atoms with Crippen LogP contribution in [0.3, 0.4) is 0 Å². The second-order valence-electron chi connectivity index (χ2n) is 13.1. The molecule has 0 saturated heterocycles. The van der Waals surface area contributed by atoms with Crippen molar-refractivity contribution in [2.45, 2.75) is 31.6 Å². The van der Waals surface area contributed by atoms with E-state index < -0.39 is 5.41 Å². The third-order valence-corrected chi connectivity index (χ3v) is 10.1. The van der Waals surface area contributed by atoms with Gasteiger partial charge in [-0.1, -0.05) is 142 Å². The molecule has 0 spiro atoms. The molecular formula is C43H35N3S. The van der Waals surface area contributed by atoms with Gasteiger partial charge in [-0.05, 0) is 81.2 Å². The van der Waals surface area contributed by atoms with Crippen molar-refractivity contribution in [2.75, 3.05) is 4.90 Å². The second-order valence-corrected chi connectivity index (χ2v) is 13.9. The van der Waals surface area contributed by atoms with Crippen molar-refractivity contribution < 1.29 is 0 Å². The highest BCUT2D eigenvalue weighted by atomic mass is 32.1. The van der Waals surface area contributed by atoms with Crippen molar-refractivity contribution >= 4 is 28.6 Å². The zero-order chi connectivity index (χ0) is 32.0. The standard InChI is InChI=1S/C43H35N3S/c1-42(2,3)32-26-22-31(23-27-32)41-44-40(45-47-41)30-24-28-35(29-25-30)46-38-20-12-10-18-36(38)43(33-14-6-4-7-15-33,34-16-8-5-9-17-34)37-19-11-13-21-39(37)46/h4-29H,1-3H3. The summed E-state index contributed by atoms with van der Waals surface area (Å²) in [4.78, 5) is 7.33. The summed E-state index contributed by atoms with van der Waals surface area (Å²) in [5, 5.41) is 0.932. The van der Waals surface area contributed by atoms with Crippen molar-refractivity contribution in [1.29, 1.82) is 0 Å². The molecule has 0 bridgehead atoms. The Kier molecular flexibility index (Phi) is 7.11. The smallest absolute Gasteiger partial charge is 0.173 e. The highest BCUT2D eigenvalue weighted by molar-refractivity contribution is 7.09.